The summed E-state index contributed by atoms with van der Waals surface area (Å²) in [6, 6.07) is 5.57. The van der Waals surface area contributed by atoms with Crippen LogP contribution in [0, 0.1) is 0 Å². The van der Waals surface area contributed by atoms with E-state index in [4.69, 9.17) is 14.2 Å². The second kappa shape index (κ2) is 8.60. The first-order chi connectivity index (χ1) is 16.3. The molecule has 4 heterocycles. The van der Waals surface area contributed by atoms with Gasteiger partial charge in [-0.25, -0.2) is 4.98 Å². The van der Waals surface area contributed by atoms with Gasteiger partial charge in [-0.15, -0.1) is 0 Å². The van der Waals surface area contributed by atoms with Gasteiger partial charge in [0.15, 0.2) is 0 Å². The minimum Gasteiger partial charge on any atom is -0.489 e. The van der Waals surface area contributed by atoms with E-state index < -0.39 is 17.8 Å². The molecule has 2 aliphatic heterocycles. The molecule has 0 radical (unpaired) electrons. The second-order valence-electron chi connectivity index (χ2n) is 7.90. The van der Waals surface area contributed by atoms with Crippen molar-refractivity contribution in [2.75, 3.05) is 36.6 Å². The number of halogens is 3. The molecule has 1 N–H and O–H groups in total. The number of rotatable bonds is 1. The van der Waals surface area contributed by atoms with E-state index in [1.807, 2.05) is 0 Å². The predicted molar refractivity (Wildman–Crippen MR) is 115 cm³/mol. The number of carbonyl (C=O) groups is 1. The highest BCUT2D eigenvalue weighted by atomic mass is 19.4. The van der Waals surface area contributed by atoms with Crippen molar-refractivity contribution in [1.82, 2.24) is 15.0 Å². The van der Waals surface area contributed by atoms with Crippen molar-refractivity contribution in [1.29, 1.82) is 0 Å². The molecular weight excluding hydrogens is 455 g/mol. The highest BCUT2D eigenvalue weighted by molar-refractivity contribution is 5.97. The van der Waals surface area contributed by atoms with Gasteiger partial charge in [0, 0.05) is 17.5 Å². The molecule has 0 spiro atoms. The lowest BCUT2D eigenvalue weighted by Crippen LogP contribution is -2.42. The Hall–Kier alpha value is -3.67. The fourth-order valence-electron chi connectivity index (χ4n) is 3.81. The smallest absolute Gasteiger partial charge is 0.419 e. The first kappa shape index (κ1) is 22.1. The van der Waals surface area contributed by atoms with Gasteiger partial charge >= 0.3 is 12.2 Å². The number of amides is 1. The molecule has 0 saturated carbocycles. The molecule has 9 nitrogen and oxygen atoms in total. The summed E-state index contributed by atoms with van der Waals surface area (Å²) in [7, 11) is 0. The van der Waals surface area contributed by atoms with Crippen molar-refractivity contribution in [3.05, 3.63) is 41.6 Å². The number of alkyl halides is 3. The molecule has 3 aromatic rings. The average Bonchev–Trinajstić information content (AvgIpc) is 2.82. The molecule has 2 aliphatic rings. The number of nitrogens with zero attached hydrogens (tertiary/aromatic N) is 4. The van der Waals surface area contributed by atoms with E-state index in [-0.39, 0.29) is 37.4 Å². The van der Waals surface area contributed by atoms with Gasteiger partial charge in [-0.05, 0) is 19.1 Å². The van der Waals surface area contributed by atoms with Crippen LogP contribution in [0.15, 0.2) is 30.5 Å². The number of nitrogens with one attached hydrogen (secondary N) is 1. The number of aromatic nitrogens is 3. The lowest BCUT2D eigenvalue weighted by Gasteiger charge is -2.26. The summed E-state index contributed by atoms with van der Waals surface area (Å²) in [6.07, 6.45) is -3.70. The topological polar surface area (TPSA) is 98.7 Å². The van der Waals surface area contributed by atoms with Gasteiger partial charge in [-0.3, -0.25) is 9.69 Å². The molecule has 1 amide bonds. The number of ether oxygens (including phenoxy) is 3. The summed E-state index contributed by atoms with van der Waals surface area (Å²) in [5.74, 6) is 0.258. The van der Waals surface area contributed by atoms with E-state index in [1.165, 1.54) is 17.2 Å². The second-order valence-corrected chi connectivity index (χ2v) is 7.90. The van der Waals surface area contributed by atoms with Crippen LogP contribution in [-0.4, -0.2) is 53.3 Å². The zero-order valence-electron chi connectivity index (χ0n) is 18.1. The fourth-order valence-corrected chi connectivity index (χ4v) is 3.81. The van der Waals surface area contributed by atoms with Crippen molar-refractivity contribution in [3.63, 3.8) is 0 Å². The zero-order chi connectivity index (χ0) is 23.9. The zero-order valence-corrected chi connectivity index (χ0v) is 18.1. The van der Waals surface area contributed by atoms with E-state index >= 15 is 0 Å². The normalized spacial score (nSPS) is 18.9. The maximum atomic E-state index is 13.6. The quantitative estimate of drug-likeness (QED) is 0.573. The van der Waals surface area contributed by atoms with E-state index in [1.54, 1.807) is 19.1 Å². The van der Waals surface area contributed by atoms with Crippen LogP contribution in [-0.2, 0) is 22.3 Å². The van der Waals surface area contributed by atoms with Gasteiger partial charge in [0.05, 0.1) is 30.4 Å². The molecule has 12 heteroatoms. The molecule has 0 aliphatic carbocycles. The molecule has 1 atom stereocenters. The van der Waals surface area contributed by atoms with Crippen LogP contribution in [0.25, 0.3) is 10.9 Å². The molecule has 2 aromatic heterocycles. The Bertz CT molecular complexity index is 1250. The van der Waals surface area contributed by atoms with Gasteiger partial charge in [-0.1, -0.05) is 12.1 Å². The molecule has 1 saturated heterocycles. The van der Waals surface area contributed by atoms with Crippen LogP contribution in [0.5, 0.6) is 11.8 Å². The number of anilines is 2. The lowest BCUT2D eigenvalue weighted by molar-refractivity contribution is -0.139. The lowest BCUT2D eigenvalue weighted by atomic mass is 10.1. The largest absolute Gasteiger partial charge is 0.489 e. The Morgan fingerprint density at radius 2 is 2.09 bits per heavy atom. The number of morpholine rings is 1. The van der Waals surface area contributed by atoms with Crippen molar-refractivity contribution in [2.45, 2.75) is 25.7 Å². The van der Waals surface area contributed by atoms with Crippen molar-refractivity contribution < 1.29 is 32.2 Å². The Balaban J connectivity index is 1.58. The molecule has 178 valence electrons. The van der Waals surface area contributed by atoms with Crippen LogP contribution in [0.1, 0.15) is 18.1 Å². The number of hydrogen-bond donors (Lipinski definition) is 1. The Morgan fingerprint density at radius 3 is 2.88 bits per heavy atom. The van der Waals surface area contributed by atoms with Crippen LogP contribution in [0.4, 0.5) is 24.8 Å². The number of para-hydroxylation sites is 1. The van der Waals surface area contributed by atoms with Gasteiger partial charge in [0.25, 0.3) is 5.91 Å². The van der Waals surface area contributed by atoms with E-state index in [2.05, 4.69) is 20.3 Å². The van der Waals surface area contributed by atoms with Crippen molar-refractivity contribution in [3.8, 4) is 11.8 Å². The average molecular weight is 475 g/mol. The van der Waals surface area contributed by atoms with Crippen molar-refractivity contribution in [2.24, 2.45) is 0 Å². The Labute approximate surface area is 191 Å². The predicted octanol–water partition coefficient (Wildman–Crippen LogP) is 3.18. The van der Waals surface area contributed by atoms with Crippen LogP contribution < -0.4 is 19.7 Å². The summed E-state index contributed by atoms with van der Waals surface area (Å²) in [5.41, 5.74) is -0.0957. The summed E-state index contributed by atoms with van der Waals surface area (Å²) in [6.45, 7) is 2.23. The van der Waals surface area contributed by atoms with Gasteiger partial charge < -0.3 is 19.5 Å². The first-order valence-corrected chi connectivity index (χ1v) is 10.6. The third-order valence-corrected chi connectivity index (χ3v) is 5.43. The standard InChI is InChI=1S/C22H20F3N5O4/c1-12-10-33-19-13(3-2-4-15(19)22(23,24)25)8-27-20-14-7-17(30-5-6-32-11-18(30)31)26-9-16(14)28-21(29-20)34-12/h2-4,7,9,12H,5-6,8,10-11H2,1H3,(H,27,28,29). The maximum Gasteiger partial charge on any atom is 0.419 e. The summed E-state index contributed by atoms with van der Waals surface area (Å²) >= 11 is 0. The van der Waals surface area contributed by atoms with Gasteiger partial charge in [0.2, 0.25) is 0 Å². The third-order valence-electron chi connectivity index (χ3n) is 5.43. The van der Waals surface area contributed by atoms with E-state index in [9.17, 15) is 18.0 Å². The Kier molecular flexibility index (Phi) is 5.60. The highest BCUT2D eigenvalue weighted by Crippen LogP contribution is 2.39. The SMILES string of the molecule is CC1COc2c(cccc2C(F)(F)F)CNc2nc(nc3cnc(N4CCOCC4=O)cc23)O1. The number of hydrogen-bond acceptors (Lipinski definition) is 8. The third kappa shape index (κ3) is 4.28. The molecule has 34 heavy (non-hydrogen) atoms. The maximum absolute atomic E-state index is 13.6. The van der Waals surface area contributed by atoms with Crippen molar-refractivity contribution >= 4 is 28.4 Å². The Morgan fingerprint density at radius 1 is 1.24 bits per heavy atom. The summed E-state index contributed by atoms with van der Waals surface area (Å²) in [5, 5.41) is 3.62. The van der Waals surface area contributed by atoms with Crippen LogP contribution >= 0.6 is 0 Å². The molecule has 1 aromatic carbocycles. The number of carbonyl (C=O) groups excluding carboxylic acids is 1. The molecular formula is C22H20F3N5O4. The molecule has 1 unspecified atom stereocenters. The minimum absolute atomic E-state index is 0.00727. The monoisotopic (exact) mass is 475 g/mol. The van der Waals surface area contributed by atoms with Crippen LogP contribution in [0.3, 0.4) is 0 Å². The van der Waals surface area contributed by atoms with Gasteiger partial charge in [0.1, 0.15) is 36.7 Å². The number of benzene rings is 1. The van der Waals surface area contributed by atoms with Crippen LogP contribution in [0.2, 0.25) is 0 Å². The summed E-state index contributed by atoms with van der Waals surface area (Å²) in [4.78, 5) is 26.9. The first-order valence-electron chi connectivity index (χ1n) is 10.6. The fraction of sp³-hybridized carbons (Fsp3) is 0.364. The number of fused-ring (bicyclic) bond motifs is 5. The highest BCUT2D eigenvalue weighted by Gasteiger charge is 2.35. The molecule has 2 bridgehead atoms. The summed E-state index contributed by atoms with van der Waals surface area (Å²) < 4.78 is 57.3. The van der Waals surface area contributed by atoms with E-state index in [0.717, 1.165) is 6.07 Å². The molecule has 1 fully saturated rings. The minimum atomic E-state index is -4.58. The number of pyridine rings is 1. The molecule has 5 rings (SSSR count). The van der Waals surface area contributed by atoms with Gasteiger partial charge in [-0.2, -0.15) is 23.1 Å². The van der Waals surface area contributed by atoms with E-state index in [0.29, 0.717) is 41.3 Å².